The van der Waals surface area contributed by atoms with Crippen molar-refractivity contribution in [2.75, 3.05) is 5.32 Å². The number of nitrogens with one attached hydrogen (secondary N) is 1. The number of ether oxygens (including phenoxy) is 1. The van der Waals surface area contributed by atoms with Crippen LogP contribution in [0, 0.1) is 5.82 Å². The molecule has 3 rings (SSSR count). The molecule has 0 aliphatic heterocycles. The first-order chi connectivity index (χ1) is 12.5. The van der Waals surface area contributed by atoms with Gasteiger partial charge in [-0.25, -0.2) is 9.18 Å². The molecule has 1 N–H and O–H groups in total. The molecule has 1 heterocycles. The number of halogens is 1. The fraction of sp³-hybridized carbons (Fsp3) is 0.200. The van der Waals surface area contributed by atoms with Crippen LogP contribution in [-0.4, -0.2) is 12.0 Å². The lowest BCUT2D eigenvalue weighted by atomic mass is 10.1. The number of rotatable bonds is 5. The van der Waals surface area contributed by atoms with Crippen LogP contribution in [0.1, 0.15) is 19.4 Å². The summed E-state index contributed by atoms with van der Waals surface area (Å²) in [4.78, 5) is 23.8. The summed E-state index contributed by atoms with van der Waals surface area (Å²) in [5.41, 5.74) is 0.934. The van der Waals surface area contributed by atoms with Gasteiger partial charge in [0.25, 0.3) is 5.91 Å². The molecule has 0 bridgehead atoms. The van der Waals surface area contributed by atoms with E-state index in [0.717, 1.165) is 10.9 Å². The van der Waals surface area contributed by atoms with E-state index in [1.54, 1.807) is 37.3 Å². The predicted molar refractivity (Wildman–Crippen MR) is 97.0 cm³/mol. The van der Waals surface area contributed by atoms with E-state index in [-0.39, 0.29) is 5.69 Å². The molecule has 6 heteroatoms. The van der Waals surface area contributed by atoms with E-state index in [4.69, 9.17) is 9.15 Å². The number of anilines is 1. The lowest BCUT2D eigenvalue weighted by Crippen LogP contribution is -2.30. The zero-order chi connectivity index (χ0) is 18.7. The Bertz CT molecular complexity index is 1010. The van der Waals surface area contributed by atoms with Crippen LogP contribution < -0.4 is 15.7 Å². The molecule has 0 saturated carbocycles. The molecule has 0 unspecified atom stereocenters. The van der Waals surface area contributed by atoms with Crippen molar-refractivity contribution in [3.05, 3.63) is 70.3 Å². The van der Waals surface area contributed by atoms with Crippen LogP contribution in [0.2, 0.25) is 0 Å². The van der Waals surface area contributed by atoms with Crippen molar-refractivity contribution < 1.29 is 18.3 Å². The molecule has 134 valence electrons. The number of hydrogen-bond acceptors (Lipinski definition) is 4. The van der Waals surface area contributed by atoms with Crippen molar-refractivity contribution in [3.63, 3.8) is 0 Å². The number of carbonyl (C=O) groups is 1. The molecule has 26 heavy (non-hydrogen) atoms. The standard InChI is InChI=1S/C20H18FNO4/c1-3-13-10-19(23)26-18-11-14(8-9-15(13)18)25-12(2)20(24)22-17-7-5-4-6-16(17)21/h4-12H,3H2,1-2H3,(H,22,24)/t12-/m0/s1. The monoisotopic (exact) mass is 355 g/mol. The smallest absolute Gasteiger partial charge is 0.336 e. The molecular formula is C20H18FNO4. The Morgan fingerprint density at radius 1 is 1.23 bits per heavy atom. The molecule has 5 nitrogen and oxygen atoms in total. The van der Waals surface area contributed by atoms with E-state index in [0.29, 0.717) is 17.8 Å². The quantitative estimate of drug-likeness (QED) is 0.705. The second-order valence-corrected chi connectivity index (χ2v) is 5.83. The van der Waals surface area contributed by atoms with Crippen molar-refractivity contribution in [1.29, 1.82) is 0 Å². The highest BCUT2D eigenvalue weighted by Crippen LogP contribution is 2.24. The maximum absolute atomic E-state index is 13.6. The molecular weight excluding hydrogens is 337 g/mol. The Kier molecular flexibility index (Phi) is 5.02. The largest absolute Gasteiger partial charge is 0.481 e. The second kappa shape index (κ2) is 7.39. The van der Waals surface area contributed by atoms with Crippen LogP contribution in [0.3, 0.4) is 0 Å². The third-order valence-corrected chi connectivity index (χ3v) is 4.00. The van der Waals surface area contributed by atoms with E-state index in [1.807, 2.05) is 6.92 Å². The predicted octanol–water partition coefficient (Wildman–Crippen LogP) is 3.90. The molecule has 0 spiro atoms. The van der Waals surface area contributed by atoms with Crippen LogP contribution in [0.25, 0.3) is 11.0 Å². The van der Waals surface area contributed by atoms with Gasteiger partial charge in [0.15, 0.2) is 6.10 Å². The molecule has 1 amide bonds. The molecule has 3 aromatic rings. The van der Waals surface area contributed by atoms with Gasteiger partial charge in [-0.2, -0.15) is 0 Å². The Morgan fingerprint density at radius 2 is 2.00 bits per heavy atom. The van der Waals surface area contributed by atoms with Gasteiger partial charge in [0.05, 0.1) is 5.69 Å². The van der Waals surface area contributed by atoms with Gasteiger partial charge in [-0.1, -0.05) is 19.1 Å². The van der Waals surface area contributed by atoms with E-state index in [1.165, 1.54) is 18.2 Å². The Morgan fingerprint density at radius 3 is 2.73 bits per heavy atom. The number of carbonyl (C=O) groups excluding carboxylic acids is 1. The summed E-state index contributed by atoms with van der Waals surface area (Å²) >= 11 is 0. The molecule has 0 aliphatic carbocycles. The van der Waals surface area contributed by atoms with Crippen LogP contribution in [-0.2, 0) is 11.2 Å². The van der Waals surface area contributed by atoms with Crippen molar-refractivity contribution in [2.24, 2.45) is 0 Å². The van der Waals surface area contributed by atoms with Crippen molar-refractivity contribution >= 4 is 22.6 Å². The lowest BCUT2D eigenvalue weighted by Gasteiger charge is -2.15. The van der Waals surface area contributed by atoms with Crippen LogP contribution in [0.5, 0.6) is 5.75 Å². The van der Waals surface area contributed by atoms with Crippen molar-refractivity contribution in [1.82, 2.24) is 0 Å². The molecule has 2 aromatic carbocycles. The average molecular weight is 355 g/mol. The SMILES string of the molecule is CCc1cc(=O)oc2cc(O[C@@H](C)C(=O)Nc3ccccc3F)ccc12. The third kappa shape index (κ3) is 3.74. The van der Waals surface area contributed by atoms with Gasteiger partial charge in [-0.3, -0.25) is 4.79 Å². The zero-order valence-electron chi connectivity index (χ0n) is 14.4. The number of hydrogen-bond donors (Lipinski definition) is 1. The van der Waals surface area contributed by atoms with E-state index in [2.05, 4.69) is 5.32 Å². The van der Waals surface area contributed by atoms with E-state index in [9.17, 15) is 14.0 Å². The van der Waals surface area contributed by atoms with Crippen LogP contribution in [0.4, 0.5) is 10.1 Å². The first-order valence-electron chi connectivity index (χ1n) is 8.26. The van der Waals surface area contributed by atoms with Gasteiger partial charge in [0.2, 0.25) is 0 Å². The minimum absolute atomic E-state index is 0.0880. The van der Waals surface area contributed by atoms with E-state index >= 15 is 0 Å². The molecule has 1 atom stereocenters. The Labute approximate surface area is 149 Å². The van der Waals surface area contributed by atoms with Gasteiger partial charge >= 0.3 is 5.63 Å². The number of fused-ring (bicyclic) bond motifs is 1. The normalized spacial score (nSPS) is 12.0. The summed E-state index contributed by atoms with van der Waals surface area (Å²) < 4.78 is 24.5. The molecule has 0 aliphatic rings. The third-order valence-electron chi connectivity index (χ3n) is 4.00. The fourth-order valence-corrected chi connectivity index (χ4v) is 2.63. The highest BCUT2D eigenvalue weighted by atomic mass is 19.1. The molecule has 1 aromatic heterocycles. The number of para-hydroxylation sites is 1. The molecule has 0 saturated heterocycles. The summed E-state index contributed by atoms with van der Waals surface area (Å²) in [6.45, 7) is 3.51. The average Bonchev–Trinajstić information content (AvgIpc) is 2.62. The first-order valence-corrected chi connectivity index (χ1v) is 8.26. The number of amides is 1. The lowest BCUT2D eigenvalue weighted by molar-refractivity contribution is -0.122. The topological polar surface area (TPSA) is 68.5 Å². The summed E-state index contributed by atoms with van der Waals surface area (Å²) in [5.74, 6) is -0.628. The first kappa shape index (κ1) is 17.7. The van der Waals surface area contributed by atoms with Crippen LogP contribution >= 0.6 is 0 Å². The van der Waals surface area contributed by atoms with Gasteiger partial charge < -0.3 is 14.5 Å². The minimum Gasteiger partial charge on any atom is -0.481 e. The summed E-state index contributed by atoms with van der Waals surface area (Å²) in [6, 6.07) is 12.4. The van der Waals surface area contributed by atoms with Gasteiger partial charge in [-0.15, -0.1) is 0 Å². The second-order valence-electron chi connectivity index (χ2n) is 5.83. The van der Waals surface area contributed by atoms with Crippen molar-refractivity contribution in [3.8, 4) is 5.75 Å². The van der Waals surface area contributed by atoms with Gasteiger partial charge in [-0.05, 0) is 43.2 Å². The minimum atomic E-state index is -0.867. The Balaban J connectivity index is 1.78. The number of aryl methyl sites for hydroxylation is 1. The molecule has 0 fully saturated rings. The van der Waals surface area contributed by atoms with Crippen molar-refractivity contribution in [2.45, 2.75) is 26.4 Å². The maximum atomic E-state index is 13.6. The van der Waals surface area contributed by atoms with Gasteiger partial charge in [0.1, 0.15) is 17.1 Å². The highest BCUT2D eigenvalue weighted by molar-refractivity contribution is 5.94. The van der Waals surface area contributed by atoms with E-state index < -0.39 is 23.5 Å². The zero-order valence-corrected chi connectivity index (χ0v) is 14.4. The van der Waals surface area contributed by atoms with Gasteiger partial charge in [0, 0.05) is 17.5 Å². The Hall–Kier alpha value is -3.15. The molecule has 0 radical (unpaired) electrons. The summed E-state index contributed by atoms with van der Waals surface area (Å²) in [7, 11) is 0. The summed E-state index contributed by atoms with van der Waals surface area (Å²) in [6.07, 6.45) is -0.169. The number of benzene rings is 2. The highest BCUT2D eigenvalue weighted by Gasteiger charge is 2.17. The van der Waals surface area contributed by atoms with Crippen LogP contribution in [0.15, 0.2) is 57.7 Å². The fourth-order valence-electron chi connectivity index (χ4n) is 2.63. The summed E-state index contributed by atoms with van der Waals surface area (Å²) in [5, 5.41) is 3.30. The maximum Gasteiger partial charge on any atom is 0.336 e.